The highest BCUT2D eigenvalue weighted by atomic mass is 16.5. The first-order valence-electron chi connectivity index (χ1n) is 6.54. The maximum Gasteiger partial charge on any atom is 0.175 e. The molecule has 1 fully saturated rings. The molecule has 1 aromatic carbocycles. The van der Waals surface area contributed by atoms with E-state index in [1.165, 1.54) is 0 Å². The molecule has 1 radical (unpaired) electrons. The molecule has 1 unspecified atom stereocenters. The minimum absolute atomic E-state index is 0.0544. The number of fused-ring (bicyclic) bond motifs is 1. The lowest BCUT2D eigenvalue weighted by molar-refractivity contribution is -0.129. The average molecular weight is 257 g/mol. The van der Waals surface area contributed by atoms with Crippen LogP contribution in [-0.2, 0) is 9.53 Å². The standard InChI is InChI=1S/C15H17N2O2/c1-10(15(18)14-9-16-6-7-19-14)13-8-11-4-2-3-5-12(11)17-13/h2-5,8,14,16-17H,6-7,9H2,1H3. The molecule has 4 heteroatoms. The third-order valence-electron chi connectivity index (χ3n) is 3.52. The Morgan fingerprint density at radius 1 is 1.37 bits per heavy atom. The van der Waals surface area contributed by atoms with Gasteiger partial charge in [-0.15, -0.1) is 0 Å². The zero-order chi connectivity index (χ0) is 13.2. The second-order valence-electron chi connectivity index (χ2n) is 4.82. The molecule has 1 aliphatic heterocycles. The van der Waals surface area contributed by atoms with Crippen molar-refractivity contribution in [2.24, 2.45) is 0 Å². The van der Waals surface area contributed by atoms with Crippen LogP contribution < -0.4 is 5.32 Å². The van der Waals surface area contributed by atoms with Crippen LogP contribution in [0.25, 0.3) is 10.9 Å². The van der Waals surface area contributed by atoms with Gasteiger partial charge < -0.3 is 15.0 Å². The topological polar surface area (TPSA) is 54.1 Å². The van der Waals surface area contributed by atoms with Crippen molar-refractivity contribution in [3.05, 3.63) is 41.9 Å². The molecule has 0 spiro atoms. The minimum Gasteiger partial charge on any atom is -0.368 e. The van der Waals surface area contributed by atoms with E-state index in [1.54, 1.807) is 0 Å². The van der Waals surface area contributed by atoms with E-state index in [2.05, 4.69) is 10.3 Å². The van der Waals surface area contributed by atoms with Gasteiger partial charge in [-0.1, -0.05) is 18.2 Å². The maximum absolute atomic E-state index is 12.4. The number of rotatable bonds is 3. The Morgan fingerprint density at radius 3 is 2.95 bits per heavy atom. The van der Waals surface area contributed by atoms with Crippen LogP contribution in [0.3, 0.4) is 0 Å². The van der Waals surface area contributed by atoms with Crippen LogP contribution in [-0.4, -0.2) is 36.6 Å². The number of carbonyl (C=O) groups excluding carboxylic acids is 1. The molecule has 4 nitrogen and oxygen atoms in total. The zero-order valence-corrected chi connectivity index (χ0v) is 10.9. The molecule has 3 rings (SSSR count). The SMILES string of the molecule is C[C](C(=O)C1CNCCO1)c1cc2ccccc2[nH]1. The average Bonchev–Trinajstić information content (AvgIpc) is 2.90. The van der Waals surface area contributed by atoms with Crippen LogP contribution in [0.15, 0.2) is 30.3 Å². The third-order valence-corrected chi connectivity index (χ3v) is 3.52. The summed E-state index contributed by atoms with van der Waals surface area (Å²) in [5.74, 6) is 0.781. The second-order valence-corrected chi connectivity index (χ2v) is 4.82. The van der Waals surface area contributed by atoms with Crippen LogP contribution in [0.5, 0.6) is 0 Å². The van der Waals surface area contributed by atoms with E-state index in [9.17, 15) is 4.79 Å². The normalized spacial score (nSPS) is 20.0. The maximum atomic E-state index is 12.4. The van der Waals surface area contributed by atoms with Gasteiger partial charge in [0.05, 0.1) is 12.5 Å². The van der Waals surface area contributed by atoms with Gasteiger partial charge >= 0.3 is 0 Å². The summed E-state index contributed by atoms with van der Waals surface area (Å²) in [6.45, 7) is 3.85. The summed E-state index contributed by atoms with van der Waals surface area (Å²) in [7, 11) is 0. The van der Waals surface area contributed by atoms with E-state index in [1.807, 2.05) is 37.3 Å². The van der Waals surface area contributed by atoms with Gasteiger partial charge in [0.2, 0.25) is 0 Å². The summed E-state index contributed by atoms with van der Waals surface area (Å²) >= 11 is 0. The summed E-state index contributed by atoms with van der Waals surface area (Å²) in [5.41, 5.74) is 1.92. The summed E-state index contributed by atoms with van der Waals surface area (Å²) in [5, 5.41) is 4.30. The van der Waals surface area contributed by atoms with E-state index in [0.29, 0.717) is 13.2 Å². The van der Waals surface area contributed by atoms with Crippen molar-refractivity contribution in [3.63, 3.8) is 0 Å². The van der Waals surface area contributed by atoms with Crippen LogP contribution in [0.2, 0.25) is 0 Å². The Labute approximate surface area is 112 Å². The van der Waals surface area contributed by atoms with Crippen LogP contribution >= 0.6 is 0 Å². The molecule has 1 aliphatic rings. The molecule has 2 heterocycles. The summed E-state index contributed by atoms with van der Waals surface area (Å²) < 4.78 is 5.51. The summed E-state index contributed by atoms with van der Waals surface area (Å²) in [6.07, 6.45) is -0.361. The highest BCUT2D eigenvalue weighted by molar-refractivity contribution is 6.00. The van der Waals surface area contributed by atoms with Gasteiger partial charge in [-0.25, -0.2) is 0 Å². The van der Waals surface area contributed by atoms with Crippen LogP contribution in [0.4, 0.5) is 0 Å². The van der Waals surface area contributed by atoms with E-state index >= 15 is 0 Å². The molecular weight excluding hydrogens is 240 g/mol. The molecule has 99 valence electrons. The van der Waals surface area contributed by atoms with Gasteiger partial charge in [0.15, 0.2) is 5.78 Å². The van der Waals surface area contributed by atoms with Gasteiger partial charge in [-0.3, -0.25) is 4.79 Å². The van der Waals surface area contributed by atoms with Crippen molar-refractivity contribution in [1.29, 1.82) is 0 Å². The molecular formula is C15H17N2O2. The highest BCUT2D eigenvalue weighted by Gasteiger charge is 2.28. The third kappa shape index (κ3) is 2.41. The lowest BCUT2D eigenvalue weighted by atomic mass is 9.97. The number of hydrogen-bond donors (Lipinski definition) is 2. The number of aromatic amines is 1. The Kier molecular flexibility index (Phi) is 3.36. The number of ether oxygens (including phenoxy) is 1. The Balaban J connectivity index is 1.82. The molecule has 1 aromatic heterocycles. The molecule has 2 N–H and O–H groups in total. The van der Waals surface area contributed by atoms with Crippen molar-refractivity contribution in [2.45, 2.75) is 13.0 Å². The first kappa shape index (κ1) is 12.4. The highest BCUT2D eigenvalue weighted by Crippen LogP contribution is 2.22. The largest absolute Gasteiger partial charge is 0.368 e. The molecule has 0 bridgehead atoms. The summed E-state index contributed by atoms with van der Waals surface area (Å²) in [6, 6.07) is 10.0. The number of carbonyl (C=O) groups is 1. The Bertz CT molecular complexity index is 552. The zero-order valence-electron chi connectivity index (χ0n) is 10.9. The fraction of sp³-hybridized carbons (Fsp3) is 0.333. The minimum atomic E-state index is -0.361. The number of benzene rings is 1. The van der Waals surface area contributed by atoms with E-state index in [-0.39, 0.29) is 11.9 Å². The molecule has 0 aliphatic carbocycles. The fourth-order valence-electron chi connectivity index (χ4n) is 2.38. The van der Waals surface area contributed by atoms with E-state index in [0.717, 1.165) is 29.1 Å². The van der Waals surface area contributed by atoms with E-state index in [4.69, 9.17) is 4.74 Å². The van der Waals surface area contributed by atoms with Crippen molar-refractivity contribution in [2.75, 3.05) is 19.7 Å². The number of aromatic nitrogens is 1. The first-order chi connectivity index (χ1) is 9.25. The number of para-hydroxylation sites is 1. The quantitative estimate of drug-likeness (QED) is 0.879. The predicted octanol–water partition coefficient (Wildman–Crippen LogP) is 1.67. The Morgan fingerprint density at radius 2 is 2.21 bits per heavy atom. The van der Waals surface area contributed by atoms with Gasteiger partial charge in [-0.2, -0.15) is 0 Å². The molecule has 19 heavy (non-hydrogen) atoms. The molecule has 0 saturated carbocycles. The van der Waals surface area contributed by atoms with Crippen molar-refractivity contribution < 1.29 is 9.53 Å². The van der Waals surface area contributed by atoms with Gasteiger partial charge in [0.25, 0.3) is 0 Å². The van der Waals surface area contributed by atoms with Gasteiger partial charge in [-0.05, 0) is 24.4 Å². The first-order valence-corrected chi connectivity index (χ1v) is 6.54. The fourth-order valence-corrected chi connectivity index (χ4v) is 2.38. The number of hydrogen-bond acceptors (Lipinski definition) is 3. The predicted molar refractivity (Wildman–Crippen MR) is 73.9 cm³/mol. The van der Waals surface area contributed by atoms with Gasteiger partial charge in [0.1, 0.15) is 6.10 Å². The van der Waals surface area contributed by atoms with Crippen molar-refractivity contribution in [3.8, 4) is 0 Å². The molecule has 1 atom stereocenters. The number of nitrogens with one attached hydrogen (secondary N) is 2. The lowest BCUT2D eigenvalue weighted by Gasteiger charge is -2.24. The molecule has 1 saturated heterocycles. The molecule has 2 aromatic rings. The second kappa shape index (κ2) is 5.15. The Hall–Kier alpha value is -1.65. The van der Waals surface area contributed by atoms with E-state index < -0.39 is 0 Å². The van der Waals surface area contributed by atoms with Gasteiger partial charge in [0, 0.05) is 24.3 Å². The number of morpholine rings is 1. The van der Waals surface area contributed by atoms with Crippen LogP contribution in [0.1, 0.15) is 12.6 Å². The summed E-state index contributed by atoms with van der Waals surface area (Å²) in [4.78, 5) is 15.6. The molecule has 0 amide bonds. The number of Topliss-reactive ketones (excluding diaryl/α,β-unsaturated/α-hetero) is 1. The smallest absolute Gasteiger partial charge is 0.175 e. The lowest BCUT2D eigenvalue weighted by Crippen LogP contribution is -2.44. The van der Waals surface area contributed by atoms with Crippen molar-refractivity contribution in [1.82, 2.24) is 10.3 Å². The van der Waals surface area contributed by atoms with Crippen LogP contribution in [0, 0.1) is 5.92 Å². The number of H-pyrrole nitrogens is 1. The number of ketones is 1. The van der Waals surface area contributed by atoms with Crippen molar-refractivity contribution >= 4 is 16.7 Å². The monoisotopic (exact) mass is 257 g/mol.